The molecule has 26 heavy (non-hydrogen) atoms. The van der Waals surface area contributed by atoms with E-state index in [1.165, 1.54) is 5.69 Å². The number of benzene rings is 1. The fraction of sp³-hybridized carbons (Fsp3) is 0.143. The molecule has 1 N–H and O–H groups in total. The van der Waals surface area contributed by atoms with Crippen LogP contribution >= 0.6 is 0 Å². The number of rotatable bonds is 5. The Morgan fingerprint density at radius 2 is 1.73 bits per heavy atom. The van der Waals surface area contributed by atoms with E-state index in [4.69, 9.17) is 0 Å². The van der Waals surface area contributed by atoms with Gasteiger partial charge in [-0.1, -0.05) is 42.5 Å². The zero-order valence-corrected chi connectivity index (χ0v) is 15.2. The van der Waals surface area contributed by atoms with Crippen molar-refractivity contribution in [1.82, 2.24) is 14.5 Å². The topological polar surface area (TPSA) is 53.9 Å². The van der Waals surface area contributed by atoms with Crippen molar-refractivity contribution in [1.29, 1.82) is 0 Å². The molecule has 2 aliphatic heterocycles. The van der Waals surface area contributed by atoms with Gasteiger partial charge in [-0.3, -0.25) is 9.36 Å². The summed E-state index contributed by atoms with van der Waals surface area (Å²) in [6.07, 6.45) is 15.3. The molecule has 5 nitrogen and oxygen atoms in total. The fourth-order valence-electron chi connectivity index (χ4n) is 2.53. The molecule has 0 fully saturated rings. The molecule has 132 valence electrons. The SMILES string of the molecule is Cc1nc2c[nH]c(/C=C/C=C/C=C/c3ccc(N(C)C)cc3)cn-2c1=O. The van der Waals surface area contributed by atoms with Crippen LogP contribution in [0.5, 0.6) is 0 Å². The number of nitrogens with zero attached hydrogens (tertiary/aromatic N) is 3. The van der Waals surface area contributed by atoms with Crippen LogP contribution in [0.1, 0.15) is 17.0 Å². The van der Waals surface area contributed by atoms with Crippen molar-refractivity contribution >= 4 is 17.8 Å². The zero-order chi connectivity index (χ0) is 18.5. The number of anilines is 1. The molecule has 1 aromatic rings. The third-order valence-electron chi connectivity index (χ3n) is 4.00. The first-order valence-corrected chi connectivity index (χ1v) is 8.41. The molecule has 0 bridgehead atoms. The maximum Gasteiger partial charge on any atom is 0.277 e. The van der Waals surface area contributed by atoms with Crippen molar-refractivity contribution in [2.45, 2.75) is 6.92 Å². The van der Waals surface area contributed by atoms with Crippen LogP contribution in [0.3, 0.4) is 0 Å². The summed E-state index contributed by atoms with van der Waals surface area (Å²) in [5.41, 5.74) is 3.59. The van der Waals surface area contributed by atoms with Crippen molar-refractivity contribution < 1.29 is 0 Å². The van der Waals surface area contributed by atoms with Crippen LogP contribution < -0.4 is 10.5 Å². The van der Waals surface area contributed by atoms with Gasteiger partial charge in [-0.2, -0.15) is 0 Å². The van der Waals surface area contributed by atoms with Gasteiger partial charge in [0.05, 0.1) is 5.69 Å². The second-order valence-electron chi connectivity index (χ2n) is 6.19. The third kappa shape index (κ3) is 4.00. The number of imidazole rings is 1. The van der Waals surface area contributed by atoms with Gasteiger partial charge in [-0.15, -0.1) is 0 Å². The quantitative estimate of drug-likeness (QED) is 0.718. The third-order valence-corrected chi connectivity index (χ3v) is 4.00. The van der Waals surface area contributed by atoms with E-state index < -0.39 is 0 Å². The minimum Gasteiger partial charge on any atom is -0.378 e. The lowest BCUT2D eigenvalue weighted by molar-refractivity contribution is 0.962. The van der Waals surface area contributed by atoms with Gasteiger partial charge >= 0.3 is 0 Å². The van der Waals surface area contributed by atoms with E-state index in [1.807, 2.05) is 44.5 Å². The highest BCUT2D eigenvalue weighted by Crippen LogP contribution is 2.13. The number of H-pyrrole nitrogens is 1. The number of hydrogen-bond acceptors (Lipinski definition) is 3. The molecule has 0 unspecified atom stereocenters. The molecule has 3 rings (SSSR count). The first-order valence-electron chi connectivity index (χ1n) is 8.41. The lowest BCUT2D eigenvalue weighted by Crippen LogP contribution is -2.13. The standard InChI is InChI=1S/C21H22N4O/c1-16-21(26)25-15-18(22-14-20(25)23-16)9-7-5-4-6-8-17-10-12-19(13-11-17)24(2)3/h4-15,22H,1-3H3/b5-4+,8-6+,9-7+. The molecule has 0 saturated heterocycles. The Hall–Kier alpha value is -3.34. The van der Waals surface area contributed by atoms with Gasteiger partial charge in [0, 0.05) is 32.2 Å². The molecular weight excluding hydrogens is 324 g/mol. The highest BCUT2D eigenvalue weighted by Gasteiger charge is 2.09. The molecule has 5 heteroatoms. The van der Waals surface area contributed by atoms with Crippen molar-refractivity contribution in [2.24, 2.45) is 0 Å². The summed E-state index contributed by atoms with van der Waals surface area (Å²) < 4.78 is 1.55. The first kappa shape index (κ1) is 17.5. The Kier molecular flexibility index (Phi) is 5.17. The highest BCUT2D eigenvalue weighted by atomic mass is 16.1. The molecule has 2 heterocycles. The van der Waals surface area contributed by atoms with Crippen LogP contribution in [0, 0.1) is 6.92 Å². The molecule has 0 saturated carbocycles. The van der Waals surface area contributed by atoms with E-state index in [0.717, 1.165) is 11.3 Å². The monoisotopic (exact) mass is 346 g/mol. The number of nitrogens with one attached hydrogen (secondary N) is 1. The summed E-state index contributed by atoms with van der Waals surface area (Å²) in [4.78, 5) is 21.3. The summed E-state index contributed by atoms with van der Waals surface area (Å²) >= 11 is 0. The van der Waals surface area contributed by atoms with Crippen molar-refractivity contribution in [2.75, 3.05) is 19.0 Å². The summed E-state index contributed by atoms with van der Waals surface area (Å²) in [6, 6.07) is 8.37. The lowest BCUT2D eigenvalue weighted by atomic mass is 10.2. The Labute approximate surface area is 153 Å². The second kappa shape index (κ2) is 7.70. The smallest absolute Gasteiger partial charge is 0.277 e. The minimum absolute atomic E-state index is 0.0811. The van der Waals surface area contributed by atoms with Crippen molar-refractivity contribution in [3.63, 3.8) is 0 Å². The van der Waals surface area contributed by atoms with Gasteiger partial charge in [0.25, 0.3) is 5.56 Å². The van der Waals surface area contributed by atoms with Gasteiger partial charge in [0.2, 0.25) is 0 Å². The highest BCUT2D eigenvalue weighted by molar-refractivity contribution is 5.56. The number of fused-ring (bicyclic) bond motifs is 1. The number of hydrogen-bond donors (Lipinski definition) is 1. The van der Waals surface area contributed by atoms with E-state index >= 15 is 0 Å². The Bertz CT molecular complexity index is 988. The zero-order valence-electron chi connectivity index (χ0n) is 15.2. The molecule has 0 aromatic heterocycles. The first-order chi connectivity index (χ1) is 12.5. The molecule has 0 amide bonds. The Morgan fingerprint density at radius 3 is 2.42 bits per heavy atom. The largest absolute Gasteiger partial charge is 0.378 e. The van der Waals surface area contributed by atoms with Gasteiger partial charge < -0.3 is 9.88 Å². The second-order valence-corrected chi connectivity index (χ2v) is 6.19. The van der Waals surface area contributed by atoms with Crippen molar-refractivity contribution in [3.05, 3.63) is 88.3 Å². The summed E-state index contributed by atoms with van der Waals surface area (Å²) in [7, 11) is 4.06. The molecule has 0 atom stereocenters. The fourth-order valence-corrected chi connectivity index (χ4v) is 2.53. The van der Waals surface area contributed by atoms with E-state index in [0.29, 0.717) is 11.5 Å². The van der Waals surface area contributed by atoms with Gasteiger partial charge in [0.1, 0.15) is 5.69 Å². The van der Waals surface area contributed by atoms with E-state index in [1.54, 1.807) is 23.9 Å². The lowest BCUT2D eigenvalue weighted by Gasteiger charge is -2.11. The van der Waals surface area contributed by atoms with Gasteiger partial charge in [-0.25, -0.2) is 4.98 Å². The van der Waals surface area contributed by atoms with E-state index in [-0.39, 0.29) is 5.56 Å². The summed E-state index contributed by atoms with van der Waals surface area (Å²) in [5.74, 6) is 0.628. The van der Waals surface area contributed by atoms with Crippen LogP contribution in [-0.4, -0.2) is 28.6 Å². The predicted octanol–water partition coefficient (Wildman–Crippen LogP) is 3.66. The maximum atomic E-state index is 11.9. The minimum atomic E-state index is -0.0811. The number of aromatic amines is 1. The van der Waals surface area contributed by atoms with Crippen molar-refractivity contribution in [3.8, 4) is 5.82 Å². The number of aromatic nitrogens is 3. The molecule has 0 aliphatic carbocycles. The number of aryl methyl sites for hydroxylation is 1. The van der Waals surface area contributed by atoms with Crippen LogP contribution in [0.2, 0.25) is 0 Å². The molecule has 1 aromatic carbocycles. The summed E-state index contributed by atoms with van der Waals surface area (Å²) in [6.45, 7) is 1.72. The van der Waals surface area contributed by atoms with Crippen LogP contribution in [0.4, 0.5) is 5.69 Å². The van der Waals surface area contributed by atoms with E-state index in [2.05, 4.69) is 45.2 Å². The van der Waals surface area contributed by atoms with Crippen LogP contribution in [0.15, 0.2) is 65.8 Å². The van der Waals surface area contributed by atoms with Gasteiger partial charge in [0.15, 0.2) is 5.82 Å². The normalized spacial score (nSPS) is 12.1. The van der Waals surface area contributed by atoms with E-state index in [9.17, 15) is 4.79 Å². The Morgan fingerprint density at radius 1 is 1.04 bits per heavy atom. The number of allylic oxidation sites excluding steroid dienone is 4. The molecule has 0 radical (unpaired) electrons. The molecular formula is C21H22N4O. The van der Waals surface area contributed by atoms with Gasteiger partial charge in [-0.05, 0) is 30.7 Å². The average Bonchev–Trinajstić information content (AvgIpc) is 2.92. The average molecular weight is 346 g/mol. The predicted molar refractivity (Wildman–Crippen MR) is 108 cm³/mol. The Balaban J connectivity index is 1.62. The van der Waals surface area contributed by atoms with Crippen LogP contribution in [0.25, 0.3) is 18.0 Å². The molecule has 0 spiro atoms. The van der Waals surface area contributed by atoms with Crippen LogP contribution in [-0.2, 0) is 0 Å². The summed E-state index contributed by atoms with van der Waals surface area (Å²) in [5, 5.41) is 0. The maximum absolute atomic E-state index is 11.9. The molecule has 2 aliphatic rings.